The van der Waals surface area contributed by atoms with Crippen molar-refractivity contribution >= 4 is 11.4 Å². The molecule has 21 heavy (non-hydrogen) atoms. The van der Waals surface area contributed by atoms with E-state index in [4.69, 9.17) is 11.0 Å². The summed E-state index contributed by atoms with van der Waals surface area (Å²) in [7, 11) is 0. The summed E-state index contributed by atoms with van der Waals surface area (Å²) < 4.78 is 0. The lowest BCUT2D eigenvalue weighted by Crippen LogP contribution is -2.25. The molecule has 0 saturated heterocycles. The monoisotopic (exact) mass is 277 g/mol. The standard InChI is InChI=1S/C18H19N3/c19-11-10-15-12-17(8-9-18(15)20)21(16-6-7-16)13-14-4-2-1-3-5-14/h1-5,8-9,12,16H,6-7,10,13,20H2. The van der Waals surface area contributed by atoms with Crippen LogP contribution < -0.4 is 10.6 Å². The zero-order chi connectivity index (χ0) is 14.7. The summed E-state index contributed by atoms with van der Waals surface area (Å²) >= 11 is 0. The summed E-state index contributed by atoms with van der Waals surface area (Å²) in [5.41, 5.74) is 10.1. The Bertz CT molecular complexity index is 654. The van der Waals surface area contributed by atoms with E-state index in [1.165, 1.54) is 24.1 Å². The van der Waals surface area contributed by atoms with Crippen LogP contribution in [-0.2, 0) is 13.0 Å². The van der Waals surface area contributed by atoms with Crippen molar-refractivity contribution in [1.82, 2.24) is 0 Å². The first-order valence-electron chi connectivity index (χ1n) is 7.34. The lowest BCUT2D eigenvalue weighted by atomic mass is 10.1. The van der Waals surface area contributed by atoms with Crippen molar-refractivity contribution in [3.8, 4) is 6.07 Å². The maximum absolute atomic E-state index is 8.91. The van der Waals surface area contributed by atoms with Crippen LogP contribution in [0.3, 0.4) is 0 Å². The molecule has 0 radical (unpaired) electrons. The van der Waals surface area contributed by atoms with E-state index < -0.39 is 0 Å². The molecule has 3 rings (SSSR count). The SMILES string of the molecule is N#CCc1cc(N(Cc2ccccc2)C2CC2)ccc1N. The molecular weight excluding hydrogens is 258 g/mol. The maximum atomic E-state index is 8.91. The van der Waals surface area contributed by atoms with Crippen molar-refractivity contribution in [3.63, 3.8) is 0 Å². The minimum atomic E-state index is 0.365. The summed E-state index contributed by atoms with van der Waals surface area (Å²) in [5, 5.41) is 8.91. The molecule has 1 aliphatic carbocycles. The second kappa shape index (κ2) is 5.88. The normalized spacial score (nSPS) is 13.7. The molecular formula is C18H19N3. The summed E-state index contributed by atoms with van der Waals surface area (Å²) in [6, 6.07) is 19.4. The van der Waals surface area contributed by atoms with Gasteiger partial charge in [-0.05, 0) is 42.2 Å². The summed E-state index contributed by atoms with van der Waals surface area (Å²) in [6.45, 7) is 0.904. The Hall–Kier alpha value is -2.47. The minimum Gasteiger partial charge on any atom is -0.398 e. The molecule has 0 spiro atoms. The molecule has 2 aromatic carbocycles. The van der Waals surface area contributed by atoms with Gasteiger partial charge in [-0.25, -0.2) is 0 Å². The topological polar surface area (TPSA) is 53.0 Å². The summed E-state index contributed by atoms with van der Waals surface area (Å²) in [6.07, 6.45) is 2.85. The highest BCUT2D eigenvalue weighted by Gasteiger charge is 2.29. The maximum Gasteiger partial charge on any atom is 0.0670 e. The van der Waals surface area contributed by atoms with Crippen LogP contribution in [0.2, 0.25) is 0 Å². The summed E-state index contributed by atoms with van der Waals surface area (Å²) in [4.78, 5) is 2.43. The van der Waals surface area contributed by atoms with Crippen LogP contribution in [0.15, 0.2) is 48.5 Å². The smallest absolute Gasteiger partial charge is 0.0670 e. The highest BCUT2D eigenvalue weighted by atomic mass is 15.2. The molecule has 2 aromatic rings. The van der Waals surface area contributed by atoms with Gasteiger partial charge < -0.3 is 10.6 Å². The fraction of sp³-hybridized carbons (Fsp3) is 0.278. The molecule has 2 N–H and O–H groups in total. The van der Waals surface area contributed by atoms with Gasteiger partial charge in [0.15, 0.2) is 0 Å². The number of nitrogens with two attached hydrogens (primary N) is 1. The van der Waals surface area contributed by atoms with E-state index in [2.05, 4.69) is 47.4 Å². The second-order valence-corrected chi connectivity index (χ2v) is 5.56. The summed E-state index contributed by atoms with van der Waals surface area (Å²) in [5.74, 6) is 0. The average molecular weight is 277 g/mol. The first-order valence-corrected chi connectivity index (χ1v) is 7.34. The van der Waals surface area contributed by atoms with Gasteiger partial charge in [0.2, 0.25) is 0 Å². The Morgan fingerprint density at radius 2 is 1.90 bits per heavy atom. The van der Waals surface area contributed by atoms with Gasteiger partial charge in [0.1, 0.15) is 0 Å². The molecule has 1 aliphatic rings. The number of hydrogen-bond acceptors (Lipinski definition) is 3. The molecule has 0 heterocycles. The fourth-order valence-electron chi connectivity index (χ4n) is 2.61. The van der Waals surface area contributed by atoms with Crippen LogP contribution in [0.4, 0.5) is 11.4 Å². The van der Waals surface area contributed by atoms with Crippen molar-refractivity contribution in [2.75, 3.05) is 10.6 Å². The minimum absolute atomic E-state index is 0.365. The quantitative estimate of drug-likeness (QED) is 0.851. The zero-order valence-corrected chi connectivity index (χ0v) is 12.0. The van der Waals surface area contributed by atoms with Crippen molar-refractivity contribution < 1.29 is 0 Å². The molecule has 3 heteroatoms. The third kappa shape index (κ3) is 3.17. The molecule has 106 valence electrons. The van der Waals surface area contributed by atoms with E-state index in [0.29, 0.717) is 18.2 Å². The van der Waals surface area contributed by atoms with Crippen LogP contribution in [0.1, 0.15) is 24.0 Å². The lowest BCUT2D eigenvalue weighted by Gasteiger charge is -2.25. The Kier molecular flexibility index (Phi) is 3.79. The van der Waals surface area contributed by atoms with Gasteiger partial charge in [0, 0.05) is 24.0 Å². The lowest BCUT2D eigenvalue weighted by molar-refractivity contribution is 0.794. The third-order valence-electron chi connectivity index (χ3n) is 3.91. The molecule has 3 nitrogen and oxygen atoms in total. The van der Waals surface area contributed by atoms with Crippen LogP contribution in [0.25, 0.3) is 0 Å². The largest absolute Gasteiger partial charge is 0.398 e. The first-order chi connectivity index (χ1) is 10.3. The number of anilines is 2. The highest BCUT2D eigenvalue weighted by molar-refractivity contribution is 5.60. The first kappa shape index (κ1) is 13.5. The molecule has 0 aliphatic heterocycles. The van der Waals surface area contributed by atoms with E-state index in [9.17, 15) is 0 Å². The number of rotatable bonds is 5. The van der Waals surface area contributed by atoms with Crippen molar-refractivity contribution in [2.45, 2.75) is 31.8 Å². The molecule has 1 fully saturated rings. The fourth-order valence-corrected chi connectivity index (χ4v) is 2.61. The third-order valence-corrected chi connectivity index (χ3v) is 3.91. The highest BCUT2D eigenvalue weighted by Crippen LogP contribution is 2.34. The average Bonchev–Trinajstić information content (AvgIpc) is 3.33. The van der Waals surface area contributed by atoms with E-state index in [-0.39, 0.29) is 0 Å². The van der Waals surface area contributed by atoms with E-state index in [1.807, 2.05) is 12.1 Å². The Morgan fingerprint density at radius 3 is 2.57 bits per heavy atom. The zero-order valence-electron chi connectivity index (χ0n) is 12.0. The number of nitriles is 1. The van der Waals surface area contributed by atoms with Crippen molar-refractivity contribution in [1.29, 1.82) is 5.26 Å². The number of benzene rings is 2. The van der Waals surface area contributed by atoms with Gasteiger partial charge in [0.05, 0.1) is 12.5 Å². The van der Waals surface area contributed by atoms with E-state index >= 15 is 0 Å². The Labute approximate surface area is 125 Å². The van der Waals surface area contributed by atoms with Gasteiger partial charge in [-0.15, -0.1) is 0 Å². The molecule has 0 atom stereocenters. The molecule has 1 saturated carbocycles. The van der Waals surface area contributed by atoms with E-state index in [1.54, 1.807) is 0 Å². The van der Waals surface area contributed by atoms with Crippen LogP contribution in [-0.4, -0.2) is 6.04 Å². The van der Waals surface area contributed by atoms with Gasteiger partial charge in [-0.2, -0.15) is 5.26 Å². The number of nitrogen functional groups attached to an aromatic ring is 1. The van der Waals surface area contributed by atoms with Gasteiger partial charge in [-0.3, -0.25) is 0 Å². The van der Waals surface area contributed by atoms with E-state index in [0.717, 1.165) is 12.1 Å². The second-order valence-electron chi connectivity index (χ2n) is 5.56. The molecule has 0 unspecified atom stereocenters. The predicted octanol–water partition coefficient (Wildman–Crippen LogP) is 3.50. The number of hydrogen-bond donors (Lipinski definition) is 1. The predicted molar refractivity (Wildman–Crippen MR) is 85.8 cm³/mol. The van der Waals surface area contributed by atoms with Gasteiger partial charge >= 0.3 is 0 Å². The molecule has 0 bridgehead atoms. The Morgan fingerprint density at radius 1 is 1.14 bits per heavy atom. The van der Waals surface area contributed by atoms with Crippen molar-refractivity contribution in [3.05, 3.63) is 59.7 Å². The molecule has 0 amide bonds. The van der Waals surface area contributed by atoms with Crippen LogP contribution >= 0.6 is 0 Å². The van der Waals surface area contributed by atoms with Gasteiger partial charge in [-0.1, -0.05) is 30.3 Å². The van der Waals surface area contributed by atoms with Crippen LogP contribution in [0.5, 0.6) is 0 Å². The van der Waals surface area contributed by atoms with Crippen molar-refractivity contribution in [2.24, 2.45) is 0 Å². The number of nitrogens with zero attached hydrogens (tertiary/aromatic N) is 2. The van der Waals surface area contributed by atoms with Crippen LogP contribution in [0, 0.1) is 11.3 Å². The molecule has 0 aromatic heterocycles. The van der Waals surface area contributed by atoms with Gasteiger partial charge in [0.25, 0.3) is 0 Å². The Balaban J connectivity index is 1.87.